The number of rotatable bonds is 12. The van der Waals surface area contributed by atoms with Gasteiger partial charge in [0.25, 0.3) is 0 Å². The zero-order valence-electron chi connectivity index (χ0n) is 21.8. The van der Waals surface area contributed by atoms with Gasteiger partial charge >= 0.3 is 5.97 Å². The molecule has 1 aliphatic rings. The highest BCUT2D eigenvalue weighted by molar-refractivity contribution is 5.87. The van der Waals surface area contributed by atoms with Gasteiger partial charge in [0.2, 0.25) is 0 Å². The van der Waals surface area contributed by atoms with Gasteiger partial charge in [-0.15, -0.1) is 0 Å². The molecule has 5 nitrogen and oxygen atoms in total. The van der Waals surface area contributed by atoms with Crippen molar-refractivity contribution >= 4 is 12.0 Å². The van der Waals surface area contributed by atoms with Gasteiger partial charge in [0.1, 0.15) is 0 Å². The third-order valence-electron chi connectivity index (χ3n) is 6.66. The number of aliphatic hydroxyl groups is 1. The molecular formula is C30H41NO4. The highest BCUT2D eigenvalue weighted by atomic mass is 16.5. The van der Waals surface area contributed by atoms with Crippen molar-refractivity contribution in [2.75, 3.05) is 19.8 Å². The molecule has 2 N–H and O–H groups in total. The van der Waals surface area contributed by atoms with Crippen LogP contribution in [0.3, 0.4) is 0 Å². The number of ether oxygens (including phenoxy) is 2. The Morgan fingerprint density at radius 2 is 1.89 bits per heavy atom. The standard InChI is InChI=1S/C30H41NO4/c1-6-34-29(33)14-13-24-12-11-21(2)15-28(24)22(3)35-20-27(32)19-31-30(4,5)18-23-16-25-9-7-8-10-26(25)17-23/h7-15,22-23,27,31-32H,6,16-20H2,1-5H3/t22-,27-/m1/s1. The van der Waals surface area contributed by atoms with Gasteiger partial charge in [0, 0.05) is 18.2 Å². The molecule has 5 heteroatoms. The SMILES string of the molecule is CCOC(=O)C=Cc1ccc(C)cc1[C@@H](C)OC[C@H](O)CNC(C)(C)CC1Cc2ccccc2C1. The summed E-state index contributed by atoms with van der Waals surface area (Å²) < 4.78 is 11.0. The number of aliphatic hydroxyl groups excluding tert-OH is 1. The molecule has 0 saturated heterocycles. The summed E-state index contributed by atoms with van der Waals surface area (Å²) in [5.74, 6) is 0.268. The van der Waals surface area contributed by atoms with Crippen molar-refractivity contribution in [3.05, 3.63) is 76.4 Å². The molecule has 0 spiro atoms. The van der Waals surface area contributed by atoms with Gasteiger partial charge in [-0.05, 0) is 88.1 Å². The highest BCUT2D eigenvalue weighted by Gasteiger charge is 2.28. The topological polar surface area (TPSA) is 67.8 Å². The van der Waals surface area contributed by atoms with Gasteiger partial charge in [-0.2, -0.15) is 0 Å². The quantitative estimate of drug-likeness (QED) is 0.324. The minimum Gasteiger partial charge on any atom is -0.463 e. The first kappa shape index (κ1) is 27.1. The van der Waals surface area contributed by atoms with Gasteiger partial charge in [-0.1, -0.05) is 48.0 Å². The first-order valence-electron chi connectivity index (χ1n) is 12.7. The van der Waals surface area contributed by atoms with Crippen molar-refractivity contribution < 1.29 is 19.4 Å². The van der Waals surface area contributed by atoms with Crippen LogP contribution in [0.1, 0.15) is 68.0 Å². The van der Waals surface area contributed by atoms with Crippen LogP contribution in [0.4, 0.5) is 0 Å². The van der Waals surface area contributed by atoms with Crippen LogP contribution in [0.5, 0.6) is 0 Å². The number of esters is 1. The minimum atomic E-state index is -0.610. The molecule has 0 saturated carbocycles. The van der Waals surface area contributed by atoms with Crippen LogP contribution in [0.2, 0.25) is 0 Å². The molecule has 0 bridgehead atoms. The number of β-amino-alcohol motifs (C(OH)–C–C–N with tert-alkyl or cyclic N) is 1. The van der Waals surface area contributed by atoms with E-state index in [1.54, 1.807) is 13.0 Å². The van der Waals surface area contributed by atoms with Gasteiger partial charge < -0.3 is 19.9 Å². The van der Waals surface area contributed by atoms with Crippen molar-refractivity contribution in [3.8, 4) is 0 Å². The number of carbonyl (C=O) groups excluding carboxylic acids is 1. The van der Waals surface area contributed by atoms with Crippen LogP contribution < -0.4 is 5.32 Å². The summed E-state index contributed by atoms with van der Waals surface area (Å²) >= 11 is 0. The Balaban J connectivity index is 1.48. The van der Waals surface area contributed by atoms with Crippen molar-refractivity contribution in [3.63, 3.8) is 0 Å². The van der Waals surface area contributed by atoms with E-state index in [0.717, 1.165) is 36.0 Å². The Hall–Kier alpha value is -2.47. The minimum absolute atomic E-state index is 0.0685. The smallest absolute Gasteiger partial charge is 0.330 e. The summed E-state index contributed by atoms with van der Waals surface area (Å²) in [7, 11) is 0. The Kier molecular flexibility index (Phi) is 9.67. The highest BCUT2D eigenvalue weighted by Crippen LogP contribution is 2.32. The van der Waals surface area contributed by atoms with E-state index in [1.165, 1.54) is 17.2 Å². The Morgan fingerprint density at radius 1 is 1.20 bits per heavy atom. The molecule has 0 amide bonds. The number of hydrogen-bond acceptors (Lipinski definition) is 5. The summed E-state index contributed by atoms with van der Waals surface area (Å²) in [6, 6.07) is 14.8. The molecule has 2 atom stereocenters. The van der Waals surface area contributed by atoms with Crippen LogP contribution in [-0.4, -0.2) is 42.5 Å². The van der Waals surface area contributed by atoms with E-state index in [1.807, 2.05) is 26.0 Å². The van der Waals surface area contributed by atoms with E-state index in [-0.39, 0.29) is 24.2 Å². The lowest BCUT2D eigenvalue weighted by molar-refractivity contribution is -0.137. The van der Waals surface area contributed by atoms with Gasteiger partial charge in [0.05, 0.1) is 25.4 Å². The lowest BCUT2D eigenvalue weighted by atomic mass is 9.88. The lowest BCUT2D eigenvalue weighted by Gasteiger charge is -2.31. The summed E-state index contributed by atoms with van der Waals surface area (Å²) in [5, 5.41) is 14.2. The molecular weight excluding hydrogens is 438 g/mol. The maximum absolute atomic E-state index is 11.7. The van der Waals surface area contributed by atoms with Crippen LogP contribution >= 0.6 is 0 Å². The number of hydrogen-bond donors (Lipinski definition) is 2. The van der Waals surface area contributed by atoms with Crippen molar-refractivity contribution in [1.29, 1.82) is 0 Å². The third kappa shape index (κ3) is 8.31. The van der Waals surface area contributed by atoms with E-state index in [4.69, 9.17) is 9.47 Å². The Bertz CT molecular complexity index is 988. The predicted octanol–water partition coefficient (Wildman–Crippen LogP) is 5.18. The van der Waals surface area contributed by atoms with Gasteiger partial charge in [-0.25, -0.2) is 4.79 Å². The second-order valence-corrected chi connectivity index (χ2v) is 10.4. The molecule has 190 valence electrons. The van der Waals surface area contributed by atoms with Crippen molar-refractivity contribution in [1.82, 2.24) is 5.32 Å². The first-order valence-corrected chi connectivity index (χ1v) is 12.7. The largest absolute Gasteiger partial charge is 0.463 e. The van der Waals surface area contributed by atoms with Gasteiger partial charge in [0.15, 0.2) is 0 Å². The number of aryl methyl sites for hydroxylation is 1. The van der Waals surface area contributed by atoms with Gasteiger partial charge in [-0.3, -0.25) is 0 Å². The van der Waals surface area contributed by atoms with E-state index in [9.17, 15) is 9.90 Å². The van der Waals surface area contributed by atoms with Crippen LogP contribution in [0.25, 0.3) is 6.08 Å². The fourth-order valence-electron chi connectivity index (χ4n) is 4.93. The molecule has 2 aromatic carbocycles. The molecule has 3 rings (SSSR count). The molecule has 0 radical (unpaired) electrons. The summed E-state index contributed by atoms with van der Waals surface area (Å²) in [5.41, 5.74) is 5.88. The third-order valence-corrected chi connectivity index (χ3v) is 6.66. The fraction of sp³-hybridized carbons (Fsp3) is 0.500. The van der Waals surface area contributed by atoms with Crippen LogP contribution in [0, 0.1) is 12.8 Å². The zero-order valence-corrected chi connectivity index (χ0v) is 21.8. The lowest BCUT2D eigenvalue weighted by Crippen LogP contribution is -2.45. The maximum Gasteiger partial charge on any atom is 0.330 e. The molecule has 1 aliphatic carbocycles. The average Bonchev–Trinajstić information content (AvgIpc) is 3.22. The van der Waals surface area contributed by atoms with E-state index >= 15 is 0 Å². The second-order valence-electron chi connectivity index (χ2n) is 10.4. The number of benzene rings is 2. The molecule has 0 unspecified atom stereocenters. The number of fused-ring (bicyclic) bond motifs is 1. The maximum atomic E-state index is 11.7. The number of carbonyl (C=O) groups is 1. The van der Waals surface area contributed by atoms with E-state index in [0.29, 0.717) is 19.1 Å². The Labute approximate surface area is 210 Å². The molecule has 35 heavy (non-hydrogen) atoms. The molecule has 0 aliphatic heterocycles. The normalized spacial score (nSPS) is 15.8. The predicted molar refractivity (Wildman–Crippen MR) is 141 cm³/mol. The number of nitrogens with one attached hydrogen (secondary N) is 1. The van der Waals surface area contributed by atoms with Crippen molar-refractivity contribution in [2.45, 2.75) is 71.6 Å². The summed E-state index contributed by atoms with van der Waals surface area (Å²) in [4.78, 5) is 11.7. The van der Waals surface area contributed by atoms with Crippen LogP contribution in [-0.2, 0) is 27.1 Å². The second kappa shape index (κ2) is 12.5. The first-order chi connectivity index (χ1) is 16.7. The average molecular weight is 480 g/mol. The molecule has 0 fully saturated rings. The van der Waals surface area contributed by atoms with E-state index < -0.39 is 6.10 Å². The van der Waals surface area contributed by atoms with E-state index in [2.05, 4.69) is 49.5 Å². The van der Waals surface area contributed by atoms with Crippen molar-refractivity contribution in [2.24, 2.45) is 5.92 Å². The fourth-order valence-corrected chi connectivity index (χ4v) is 4.93. The summed E-state index contributed by atoms with van der Waals surface area (Å²) in [6.45, 7) is 11.3. The van der Waals surface area contributed by atoms with Crippen LogP contribution in [0.15, 0.2) is 48.5 Å². The monoisotopic (exact) mass is 479 g/mol. The molecule has 2 aromatic rings. The Morgan fingerprint density at radius 3 is 2.54 bits per heavy atom. The molecule has 0 heterocycles. The summed E-state index contributed by atoms with van der Waals surface area (Å²) in [6.07, 6.45) is 5.69. The molecule has 0 aromatic heterocycles. The zero-order chi connectivity index (χ0) is 25.4.